The second-order valence-corrected chi connectivity index (χ2v) is 10.4. The Morgan fingerprint density at radius 1 is 1.00 bits per heavy atom. The lowest BCUT2D eigenvalue weighted by Crippen LogP contribution is -2.48. The number of benzene rings is 3. The van der Waals surface area contributed by atoms with Crippen LogP contribution in [0.1, 0.15) is 18.0 Å². The monoisotopic (exact) mass is 470 g/mol. The van der Waals surface area contributed by atoms with Crippen molar-refractivity contribution in [2.45, 2.75) is 23.4 Å². The van der Waals surface area contributed by atoms with Crippen molar-refractivity contribution in [3.8, 4) is 11.1 Å². The number of sulfonamides is 1. The van der Waals surface area contributed by atoms with Gasteiger partial charge in [-0.25, -0.2) is 17.2 Å². The van der Waals surface area contributed by atoms with E-state index in [4.69, 9.17) is 0 Å². The van der Waals surface area contributed by atoms with E-state index >= 15 is 0 Å². The van der Waals surface area contributed by atoms with E-state index in [1.54, 1.807) is 24.3 Å². The van der Waals surface area contributed by atoms with Gasteiger partial charge in [0.15, 0.2) is 0 Å². The van der Waals surface area contributed by atoms with E-state index in [2.05, 4.69) is 0 Å². The van der Waals surface area contributed by atoms with Gasteiger partial charge in [0.1, 0.15) is 16.5 Å². The first-order valence-electron chi connectivity index (χ1n) is 10.8. The molecule has 1 saturated heterocycles. The van der Waals surface area contributed by atoms with E-state index < -0.39 is 21.9 Å². The lowest BCUT2D eigenvalue weighted by Gasteiger charge is -2.44. The zero-order valence-corrected chi connectivity index (χ0v) is 18.8. The highest BCUT2D eigenvalue weighted by Gasteiger charge is 2.50. The second-order valence-electron chi connectivity index (χ2n) is 8.56. The standard InChI is InChI=1S/C25H24F2N2O3S/c1-28-22-11-10-16(17-6-2-3-7-20(17)26)14-19(22)25-18(23(28)15-30)12-13-29(25)33(31,32)24-9-5-4-8-21(24)27/h2-11,14,18,23,25,30H,12-13,15H2,1H3/t18-,23-,25-/m0/s1. The maximum absolute atomic E-state index is 14.5. The summed E-state index contributed by atoms with van der Waals surface area (Å²) in [5.74, 6) is -1.36. The Labute approximate surface area is 191 Å². The molecule has 1 N–H and O–H groups in total. The molecule has 5 rings (SSSR count). The molecule has 2 heterocycles. The van der Waals surface area contributed by atoms with Gasteiger partial charge in [-0.2, -0.15) is 4.31 Å². The van der Waals surface area contributed by atoms with Crippen LogP contribution in [0, 0.1) is 17.6 Å². The summed E-state index contributed by atoms with van der Waals surface area (Å²) in [5.41, 5.74) is 2.55. The van der Waals surface area contributed by atoms with Crippen molar-refractivity contribution >= 4 is 15.7 Å². The highest BCUT2D eigenvalue weighted by atomic mass is 32.2. The van der Waals surface area contributed by atoms with Crippen LogP contribution in [0.25, 0.3) is 11.1 Å². The first-order chi connectivity index (χ1) is 15.8. The molecule has 3 atom stereocenters. The summed E-state index contributed by atoms with van der Waals surface area (Å²) in [7, 11) is -2.27. The maximum atomic E-state index is 14.5. The van der Waals surface area contributed by atoms with E-state index in [9.17, 15) is 22.3 Å². The average Bonchev–Trinajstić information content (AvgIpc) is 3.26. The van der Waals surface area contributed by atoms with Crippen molar-refractivity contribution < 1.29 is 22.3 Å². The summed E-state index contributed by atoms with van der Waals surface area (Å²) < 4.78 is 57.5. The van der Waals surface area contributed by atoms with Gasteiger partial charge in [0.2, 0.25) is 10.0 Å². The summed E-state index contributed by atoms with van der Waals surface area (Å²) in [4.78, 5) is 1.60. The van der Waals surface area contributed by atoms with E-state index in [0.29, 0.717) is 17.5 Å². The third-order valence-electron chi connectivity index (χ3n) is 6.91. The largest absolute Gasteiger partial charge is 0.394 e. The fourth-order valence-corrected chi connectivity index (χ4v) is 7.06. The topological polar surface area (TPSA) is 60.9 Å². The van der Waals surface area contributed by atoms with Crippen LogP contribution in [-0.2, 0) is 10.0 Å². The Kier molecular flexibility index (Phi) is 5.47. The van der Waals surface area contributed by atoms with Crippen molar-refractivity contribution in [1.82, 2.24) is 4.31 Å². The van der Waals surface area contributed by atoms with E-state index in [-0.39, 0.29) is 35.8 Å². The molecule has 0 spiro atoms. The smallest absolute Gasteiger partial charge is 0.246 e. The summed E-state index contributed by atoms with van der Waals surface area (Å²) in [6.45, 7) is 0.0689. The molecule has 3 aromatic carbocycles. The predicted molar refractivity (Wildman–Crippen MR) is 122 cm³/mol. The van der Waals surface area contributed by atoms with Gasteiger partial charge < -0.3 is 10.0 Å². The number of fused-ring (bicyclic) bond motifs is 3. The SMILES string of the molecule is CN1c2ccc(-c3ccccc3F)cc2[C@@H]2[C@@H](CCN2S(=O)(=O)c2ccccc2F)[C@@H]1CO. The van der Waals surface area contributed by atoms with Gasteiger partial charge in [-0.3, -0.25) is 0 Å². The van der Waals surface area contributed by atoms with Crippen molar-refractivity contribution in [2.75, 3.05) is 25.1 Å². The molecular formula is C25H24F2N2O3S. The Morgan fingerprint density at radius 2 is 1.70 bits per heavy atom. The van der Waals surface area contributed by atoms with E-state index in [0.717, 1.165) is 17.3 Å². The zero-order valence-electron chi connectivity index (χ0n) is 18.0. The number of nitrogens with zero attached hydrogens (tertiary/aromatic N) is 2. The summed E-state index contributed by atoms with van der Waals surface area (Å²) in [5, 5.41) is 10.1. The van der Waals surface area contributed by atoms with Gasteiger partial charge in [0.05, 0.1) is 18.7 Å². The molecule has 3 aromatic rings. The summed E-state index contributed by atoms with van der Waals surface area (Å²) >= 11 is 0. The minimum absolute atomic E-state index is 0.139. The van der Waals surface area contributed by atoms with Crippen LogP contribution in [0.4, 0.5) is 14.5 Å². The lowest BCUT2D eigenvalue weighted by atomic mass is 9.81. The lowest BCUT2D eigenvalue weighted by molar-refractivity contribution is 0.193. The molecule has 0 aliphatic carbocycles. The second kappa shape index (κ2) is 8.20. The highest BCUT2D eigenvalue weighted by Crippen LogP contribution is 2.51. The van der Waals surface area contributed by atoms with Crippen LogP contribution in [0.5, 0.6) is 0 Å². The fourth-order valence-electron chi connectivity index (χ4n) is 5.32. The molecule has 172 valence electrons. The first kappa shape index (κ1) is 22.0. The van der Waals surface area contributed by atoms with Crippen molar-refractivity contribution in [3.63, 3.8) is 0 Å². The minimum atomic E-state index is -4.13. The summed E-state index contributed by atoms with van der Waals surface area (Å²) in [6, 6.07) is 16.4. The van der Waals surface area contributed by atoms with Crippen LogP contribution in [-0.4, -0.2) is 44.1 Å². The summed E-state index contributed by atoms with van der Waals surface area (Å²) in [6.07, 6.45) is 0.525. The van der Waals surface area contributed by atoms with Crippen molar-refractivity contribution in [2.24, 2.45) is 5.92 Å². The Hall–Kier alpha value is -2.81. The minimum Gasteiger partial charge on any atom is -0.394 e. The first-order valence-corrected chi connectivity index (χ1v) is 12.3. The highest BCUT2D eigenvalue weighted by molar-refractivity contribution is 7.89. The number of hydrogen-bond acceptors (Lipinski definition) is 4. The predicted octanol–water partition coefficient (Wildman–Crippen LogP) is 4.19. The van der Waals surface area contributed by atoms with Gasteiger partial charge in [-0.15, -0.1) is 0 Å². The molecule has 0 bridgehead atoms. The molecule has 1 fully saturated rings. The molecule has 0 unspecified atom stereocenters. The Morgan fingerprint density at radius 3 is 2.39 bits per heavy atom. The normalized spacial score (nSPS) is 22.8. The van der Waals surface area contributed by atoms with Gasteiger partial charge in [0, 0.05) is 30.8 Å². The molecule has 0 amide bonds. The fraction of sp³-hybridized carbons (Fsp3) is 0.280. The molecule has 5 nitrogen and oxygen atoms in total. The zero-order chi connectivity index (χ0) is 23.3. The molecule has 33 heavy (non-hydrogen) atoms. The molecule has 2 aliphatic heterocycles. The number of hydrogen-bond donors (Lipinski definition) is 1. The van der Waals surface area contributed by atoms with Crippen LogP contribution in [0.15, 0.2) is 71.6 Å². The maximum Gasteiger partial charge on any atom is 0.246 e. The molecule has 2 aliphatic rings. The van der Waals surface area contributed by atoms with Gasteiger partial charge in [-0.05, 0) is 47.9 Å². The van der Waals surface area contributed by atoms with Crippen LogP contribution in [0.2, 0.25) is 0 Å². The molecule has 0 radical (unpaired) electrons. The molecule has 8 heteroatoms. The number of likely N-dealkylation sites (N-methyl/N-ethyl adjacent to an activating group) is 1. The number of halogens is 2. The number of rotatable bonds is 4. The number of aliphatic hydroxyl groups is 1. The third-order valence-corrected chi connectivity index (χ3v) is 8.83. The third kappa shape index (κ3) is 3.44. The van der Waals surface area contributed by atoms with Crippen molar-refractivity contribution in [1.29, 1.82) is 0 Å². The molecule has 0 saturated carbocycles. The van der Waals surface area contributed by atoms with Gasteiger partial charge in [-0.1, -0.05) is 36.4 Å². The van der Waals surface area contributed by atoms with E-state index in [1.807, 2.05) is 24.1 Å². The van der Waals surface area contributed by atoms with Crippen LogP contribution in [0.3, 0.4) is 0 Å². The van der Waals surface area contributed by atoms with Gasteiger partial charge >= 0.3 is 0 Å². The quantitative estimate of drug-likeness (QED) is 0.621. The van der Waals surface area contributed by atoms with Crippen LogP contribution < -0.4 is 4.90 Å². The molecular weight excluding hydrogens is 446 g/mol. The van der Waals surface area contributed by atoms with Gasteiger partial charge in [0.25, 0.3) is 0 Å². The average molecular weight is 471 g/mol. The van der Waals surface area contributed by atoms with E-state index in [1.165, 1.54) is 28.6 Å². The van der Waals surface area contributed by atoms with Crippen LogP contribution >= 0.6 is 0 Å². The Balaban J connectivity index is 1.68. The number of anilines is 1. The van der Waals surface area contributed by atoms with Crippen molar-refractivity contribution in [3.05, 3.63) is 83.9 Å². The number of aliphatic hydroxyl groups excluding tert-OH is 1. The Bertz CT molecular complexity index is 1310. The molecule has 0 aromatic heterocycles.